The second kappa shape index (κ2) is 6.18. The molecular weight excluding hydrogens is 260 g/mol. The monoisotopic (exact) mass is 276 g/mol. The zero-order chi connectivity index (χ0) is 14.5. The molecule has 104 valence electrons. The number of nitrogens with zero attached hydrogens (tertiary/aromatic N) is 1. The van der Waals surface area contributed by atoms with Crippen molar-refractivity contribution in [2.24, 2.45) is 0 Å². The van der Waals surface area contributed by atoms with Crippen LogP contribution >= 0.6 is 0 Å². The average molecular weight is 276 g/mol. The maximum absolute atomic E-state index is 12.4. The second-order valence-corrected chi connectivity index (χ2v) is 4.93. The third kappa shape index (κ3) is 3.26. The van der Waals surface area contributed by atoms with Crippen LogP contribution in [0.2, 0.25) is 0 Å². The molecule has 21 heavy (non-hydrogen) atoms. The molecule has 1 aromatic heterocycles. The van der Waals surface area contributed by atoms with Crippen LogP contribution in [-0.2, 0) is 4.79 Å². The lowest BCUT2D eigenvalue weighted by Gasteiger charge is -2.07. The van der Waals surface area contributed by atoms with Gasteiger partial charge in [0.1, 0.15) is 0 Å². The van der Waals surface area contributed by atoms with Gasteiger partial charge in [0.2, 0.25) is 0 Å². The number of carbonyl (C=O) groups excluding carboxylic acids is 1. The maximum Gasteiger partial charge on any atom is 0.255 e. The van der Waals surface area contributed by atoms with E-state index >= 15 is 0 Å². The molecule has 0 unspecified atom stereocenters. The van der Waals surface area contributed by atoms with Crippen LogP contribution in [0.3, 0.4) is 0 Å². The van der Waals surface area contributed by atoms with Gasteiger partial charge in [-0.3, -0.25) is 9.78 Å². The van der Waals surface area contributed by atoms with Gasteiger partial charge >= 0.3 is 0 Å². The smallest absolute Gasteiger partial charge is 0.255 e. The van der Waals surface area contributed by atoms with Gasteiger partial charge in [0.15, 0.2) is 0 Å². The minimum absolute atomic E-state index is 0.0670. The quantitative estimate of drug-likeness (QED) is 0.925. The van der Waals surface area contributed by atoms with Crippen molar-refractivity contribution in [2.45, 2.75) is 12.8 Å². The molecule has 1 heterocycles. The maximum atomic E-state index is 12.4. The van der Waals surface area contributed by atoms with E-state index in [0.717, 1.165) is 35.2 Å². The molecule has 3 heteroatoms. The van der Waals surface area contributed by atoms with Crippen LogP contribution in [0.5, 0.6) is 0 Å². The van der Waals surface area contributed by atoms with Gasteiger partial charge in [-0.05, 0) is 36.1 Å². The van der Waals surface area contributed by atoms with Gasteiger partial charge in [-0.1, -0.05) is 42.5 Å². The molecule has 1 aliphatic carbocycles. The predicted octanol–water partition coefficient (Wildman–Crippen LogP) is 3.82. The van der Waals surface area contributed by atoms with Gasteiger partial charge in [0.25, 0.3) is 5.91 Å². The van der Waals surface area contributed by atoms with E-state index < -0.39 is 0 Å². The summed E-state index contributed by atoms with van der Waals surface area (Å²) in [6.07, 6.45) is 9.24. The molecule has 0 aliphatic heterocycles. The number of hydrogen-bond donors (Lipinski definition) is 1. The summed E-state index contributed by atoms with van der Waals surface area (Å²) in [5.74, 6) is -0.0670. The van der Waals surface area contributed by atoms with Crippen molar-refractivity contribution in [3.8, 4) is 0 Å². The van der Waals surface area contributed by atoms with Crippen molar-refractivity contribution in [2.75, 3.05) is 5.32 Å². The molecule has 1 aromatic carbocycles. The molecule has 3 nitrogen and oxygen atoms in total. The number of benzene rings is 1. The van der Waals surface area contributed by atoms with Crippen molar-refractivity contribution in [3.63, 3.8) is 0 Å². The molecule has 3 rings (SSSR count). The van der Waals surface area contributed by atoms with Crippen LogP contribution in [0.15, 0.2) is 72.1 Å². The van der Waals surface area contributed by atoms with Crippen molar-refractivity contribution >= 4 is 17.7 Å². The summed E-state index contributed by atoms with van der Waals surface area (Å²) in [4.78, 5) is 16.4. The molecule has 0 radical (unpaired) electrons. The number of aromatic nitrogens is 1. The Labute approximate surface area is 124 Å². The molecule has 1 aliphatic rings. The van der Waals surface area contributed by atoms with E-state index in [4.69, 9.17) is 0 Å². The van der Waals surface area contributed by atoms with Crippen LogP contribution in [0.1, 0.15) is 18.4 Å². The standard InChI is InChI=1S/C18H16N2O/c21-18(20-16-9-5-11-19-13-16)17-10-4-8-15(17)12-14-6-2-1-3-7-14/h1-3,5-7,9-13H,4,8H2,(H,20,21)/b15-12+. The number of amides is 1. The molecule has 0 atom stereocenters. The molecule has 2 aromatic rings. The third-order valence-electron chi connectivity index (χ3n) is 3.41. The Hall–Kier alpha value is -2.68. The summed E-state index contributed by atoms with van der Waals surface area (Å²) in [6.45, 7) is 0. The number of carbonyl (C=O) groups is 1. The third-order valence-corrected chi connectivity index (χ3v) is 3.41. The fraction of sp³-hybridized carbons (Fsp3) is 0.111. The minimum Gasteiger partial charge on any atom is -0.321 e. The Morgan fingerprint density at radius 2 is 2.00 bits per heavy atom. The lowest BCUT2D eigenvalue weighted by Crippen LogP contribution is -2.14. The molecule has 0 fully saturated rings. The summed E-state index contributed by atoms with van der Waals surface area (Å²) in [5, 5.41) is 2.89. The van der Waals surface area contributed by atoms with E-state index in [-0.39, 0.29) is 5.91 Å². The summed E-state index contributed by atoms with van der Waals surface area (Å²) in [5.41, 5.74) is 3.69. The number of pyridine rings is 1. The van der Waals surface area contributed by atoms with Crippen molar-refractivity contribution < 1.29 is 4.79 Å². The summed E-state index contributed by atoms with van der Waals surface area (Å²) >= 11 is 0. The number of hydrogen-bond acceptors (Lipinski definition) is 2. The molecule has 1 amide bonds. The highest BCUT2D eigenvalue weighted by atomic mass is 16.1. The first-order valence-electron chi connectivity index (χ1n) is 7.00. The first-order chi connectivity index (χ1) is 10.3. The number of anilines is 1. The molecular formula is C18H16N2O. The van der Waals surface area contributed by atoms with Gasteiger partial charge in [-0.2, -0.15) is 0 Å². The summed E-state index contributed by atoms with van der Waals surface area (Å²) < 4.78 is 0. The highest BCUT2D eigenvalue weighted by Crippen LogP contribution is 2.28. The lowest BCUT2D eigenvalue weighted by molar-refractivity contribution is -0.112. The van der Waals surface area contributed by atoms with E-state index in [1.54, 1.807) is 18.5 Å². The van der Waals surface area contributed by atoms with Gasteiger partial charge in [0, 0.05) is 11.8 Å². The Morgan fingerprint density at radius 1 is 1.14 bits per heavy atom. The Balaban J connectivity index is 1.78. The fourth-order valence-electron chi connectivity index (χ4n) is 2.41. The van der Waals surface area contributed by atoms with E-state index in [2.05, 4.69) is 16.4 Å². The fourth-order valence-corrected chi connectivity index (χ4v) is 2.41. The first-order valence-corrected chi connectivity index (χ1v) is 7.00. The molecule has 1 N–H and O–H groups in total. The number of nitrogens with one attached hydrogen (secondary N) is 1. The molecule has 0 spiro atoms. The largest absolute Gasteiger partial charge is 0.321 e. The Morgan fingerprint density at radius 3 is 2.76 bits per heavy atom. The summed E-state index contributed by atoms with van der Waals surface area (Å²) in [6, 6.07) is 13.7. The number of rotatable bonds is 3. The second-order valence-electron chi connectivity index (χ2n) is 4.93. The Bertz CT molecular complexity index is 688. The van der Waals surface area contributed by atoms with Crippen LogP contribution in [0.4, 0.5) is 5.69 Å². The zero-order valence-corrected chi connectivity index (χ0v) is 11.6. The SMILES string of the molecule is O=C(Nc1cccnc1)C1=CCC/C1=C\c1ccccc1. The average Bonchev–Trinajstić information content (AvgIpc) is 2.97. The lowest BCUT2D eigenvalue weighted by atomic mass is 10.0. The highest BCUT2D eigenvalue weighted by Gasteiger charge is 2.18. The van der Waals surface area contributed by atoms with E-state index in [1.165, 1.54) is 0 Å². The van der Waals surface area contributed by atoms with Gasteiger partial charge in [-0.25, -0.2) is 0 Å². The van der Waals surface area contributed by atoms with E-state index in [0.29, 0.717) is 0 Å². The van der Waals surface area contributed by atoms with E-state index in [1.807, 2.05) is 42.5 Å². The highest BCUT2D eigenvalue weighted by molar-refractivity contribution is 6.08. The minimum atomic E-state index is -0.0670. The van der Waals surface area contributed by atoms with Crippen LogP contribution in [-0.4, -0.2) is 10.9 Å². The predicted molar refractivity (Wildman–Crippen MR) is 84.6 cm³/mol. The number of allylic oxidation sites excluding steroid dienone is 1. The first kappa shape index (κ1) is 13.3. The topological polar surface area (TPSA) is 42.0 Å². The van der Waals surface area contributed by atoms with Crippen LogP contribution in [0, 0.1) is 0 Å². The summed E-state index contributed by atoms with van der Waals surface area (Å²) in [7, 11) is 0. The van der Waals surface area contributed by atoms with Gasteiger partial charge < -0.3 is 5.32 Å². The van der Waals surface area contributed by atoms with Crippen molar-refractivity contribution in [3.05, 3.63) is 77.6 Å². The van der Waals surface area contributed by atoms with Crippen LogP contribution < -0.4 is 5.32 Å². The van der Waals surface area contributed by atoms with Gasteiger partial charge in [-0.15, -0.1) is 0 Å². The molecule has 0 saturated heterocycles. The van der Waals surface area contributed by atoms with Crippen LogP contribution in [0.25, 0.3) is 6.08 Å². The van der Waals surface area contributed by atoms with Crippen molar-refractivity contribution in [1.29, 1.82) is 0 Å². The van der Waals surface area contributed by atoms with Gasteiger partial charge in [0.05, 0.1) is 11.9 Å². The Kier molecular flexibility index (Phi) is 3.92. The molecule has 0 bridgehead atoms. The van der Waals surface area contributed by atoms with Crippen molar-refractivity contribution in [1.82, 2.24) is 4.98 Å². The normalized spacial score (nSPS) is 15.8. The molecule has 0 saturated carbocycles. The van der Waals surface area contributed by atoms with E-state index in [9.17, 15) is 4.79 Å². The zero-order valence-electron chi connectivity index (χ0n) is 11.6.